The van der Waals surface area contributed by atoms with Crippen molar-refractivity contribution in [2.75, 3.05) is 12.9 Å². The lowest BCUT2D eigenvalue weighted by Gasteiger charge is -2.24. The molecule has 1 heterocycles. The fourth-order valence-corrected chi connectivity index (χ4v) is 5.96. The molecule has 0 aromatic heterocycles. The summed E-state index contributed by atoms with van der Waals surface area (Å²) in [5.41, 5.74) is -4.73. The zero-order chi connectivity index (χ0) is 24.4. The van der Waals surface area contributed by atoms with E-state index in [4.69, 9.17) is 4.74 Å². The lowest BCUT2D eigenvalue weighted by Crippen LogP contribution is -2.35. The van der Waals surface area contributed by atoms with Crippen molar-refractivity contribution in [1.29, 1.82) is 0 Å². The summed E-state index contributed by atoms with van der Waals surface area (Å²) in [4.78, 5) is -0.309. The van der Waals surface area contributed by atoms with E-state index >= 15 is 0 Å². The van der Waals surface area contributed by atoms with Crippen molar-refractivity contribution in [3.8, 4) is 11.5 Å². The Hall–Kier alpha value is -2.31. The van der Waals surface area contributed by atoms with Gasteiger partial charge in [0.2, 0.25) is 0 Å². The SMILES string of the molecule is CCCCC1CS(=O)(=O)c2cc(OS(=O)(=O)C(F)(F)F)c(OC)cc2[C@@H](c2ccccc2)N1. The highest BCUT2D eigenvalue weighted by atomic mass is 32.2. The predicted molar refractivity (Wildman–Crippen MR) is 115 cm³/mol. The molecule has 0 saturated heterocycles. The number of alkyl halides is 3. The summed E-state index contributed by atoms with van der Waals surface area (Å²) in [6, 6.07) is 9.90. The average Bonchev–Trinajstić information content (AvgIpc) is 2.85. The van der Waals surface area contributed by atoms with Crippen molar-refractivity contribution in [2.45, 2.75) is 48.7 Å². The van der Waals surface area contributed by atoms with Crippen molar-refractivity contribution in [3.05, 3.63) is 53.6 Å². The van der Waals surface area contributed by atoms with Crippen molar-refractivity contribution >= 4 is 20.0 Å². The Morgan fingerprint density at radius 2 is 1.79 bits per heavy atom. The Labute approximate surface area is 191 Å². The number of hydrogen-bond donors (Lipinski definition) is 1. The highest BCUT2D eigenvalue weighted by molar-refractivity contribution is 7.91. The smallest absolute Gasteiger partial charge is 0.493 e. The summed E-state index contributed by atoms with van der Waals surface area (Å²) in [6.45, 7) is 1.98. The standard InChI is InChI=1S/C21H24F3NO6S2/c1-3-4-10-15-13-32(26,27)19-12-18(31-33(28,29)21(22,23)24)17(30-2)11-16(19)20(25-15)14-8-6-5-7-9-14/h5-9,11-12,15,20,25H,3-4,10,13H2,1-2H3/t15?,20-/m1/s1. The van der Waals surface area contributed by atoms with Gasteiger partial charge in [-0.15, -0.1) is 0 Å². The van der Waals surface area contributed by atoms with Gasteiger partial charge in [0, 0.05) is 12.1 Å². The first kappa shape index (κ1) is 25.3. The number of sulfone groups is 1. The van der Waals surface area contributed by atoms with Crippen LogP contribution in [-0.4, -0.2) is 41.2 Å². The number of rotatable bonds is 7. The number of halogens is 3. The van der Waals surface area contributed by atoms with Gasteiger partial charge in [-0.1, -0.05) is 50.1 Å². The Morgan fingerprint density at radius 1 is 1.12 bits per heavy atom. The summed E-state index contributed by atoms with van der Waals surface area (Å²) in [6.07, 6.45) is 2.19. The molecule has 7 nitrogen and oxygen atoms in total. The number of ether oxygens (including phenoxy) is 1. The van der Waals surface area contributed by atoms with Crippen LogP contribution < -0.4 is 14.2 Å². The Bertz CT molecular complexity index is 1200. The highest BCUT2D eigenvalue weighted by Crippen LogP contribution is 2.41. The van der Waals surface area contributed by atoms with Crippen LogP contribution in [0.4, 0.5) is 13.2 Å². The second-order valence-corrected chi connectivity index (χ2v) is 11.2. The normalized spacial score (nSPS) is 20.5. The van der Waals surface area contributed by atoms with Gasteiger partial charge < -0.3 is 14.2 Å². The molecule has 1 aliphatic heterocycles. The fourth-order valence-electron chi connectivity index (χ4n) is 3.71. The summed E-state index contributed by atoms with van der Waals surface area (Å²) >= 11 is 0. The third-order valence-corrected chi connectivity index (χ3v) is 8.12. The van der Waals surface area contributed by atoms with Gasteiger partial charge >= 0.3 is 15.6 Å². The molecule has 1 N–H and O–H groups in total. The molecule has 0 bridgehead atoms. The number of nitrogens with one attached hydrogen (secondary N) is 1. The molecule has 1 aliphatic rings. The maximum Gasteiger partial charge on any atom is 0.534 e. The predicted octanol–water partition coefficient (Wildman–Crippen LogP) is 3.95. The molecule has 2 aromatic carbocycles. The largest absolute Gasteiger partial charge is 0.534 e. The van der Waals surface area contributed by atoms with Crippen molar-refractivity contribution in [1.82, 2.24) is 5.32 Å². The number of methoxy groups -OCH3 is 1. The van der Waals surface area contributed by atoms with E-state index in [1.807, 2.05) is 6.92 Å². The number of benzene rings is 2. The number of fused-ring (bicyclic) bond motifs is 1. The molecule has 2 aromatic rings. The number of hydrogen-bond acceptors (Lipinski definition) is 7. The van der Waals surface area contributed by atoms with E-state index in [0.29, 0.717) is 6.42 Å². The van der Waals surface area contributed by atoms with E-state index in [0.717, 1.165) is 31.6 Å². The second-order valence-electron chi connectivity index (χ2n) is 7.66. The van der Waals surface area contributed by atoms with Gasteiger partial charge in [0.25, 0.3) is 0 Å². The van der Waals surface area contributed by atoms with E-state index < -0.39 is 43.3 Å². The van der Waals surface area contributed by atoms with Gasteiger partial charge in [-0.2, -0.15) is 21.6 Å². The molecular formula is C21H24F3NO6S2. The van der Waals surface area contributed by atoms with E-state index in [1.54, 1.807) is 30.3 Å². The summed E-state index contributed by atoms with van der Waals surface area (Å²) in [5, 5.41) is 3.35. The van der Waals surface area contributed by atoms with Gasteiger partial charge in [-0.05, 0) is 23.6 Å². The molecule has 0 spiro atoms. The van der Waals surface area contributed by atoms with Crippen LogP contribution >= 0.6 is 0 Å². The van der Waals surface area contributed by atoms with E-state index in [2.05, 4.69) is 9.50 Å². The van der Waals surface area contributed by atoms with Crippen LogP contribution in [0.1, 0.15) is 43.4 Å². The van der Waals surface area contributed by atoms with Crippen LogP contribution in [-0.2, 0) is 20.0 Å². The molecule has 182 valence electrons. The van der Waals surface area contributed by atoms with Gasteiger partial charge in [0.05, 0.1) is 23.8 Å². The topological polar surface area (TPSA) is 98.8 Å². The maximum atomic E-state index is 13.2. The third-order valence-electron chi connectivity index (χ3n) is 5.29. The molecule has 0 saturated carbocycles. The quantitative estimate of drug-likeness (QED) is 0.448. The molecule has 12 heteroatoms. The first-order valence-electron chi connectivity index (χ1n) is 10.2. The molecule has 0 fully saturated rings. The lowest BCUT2D eigenvalue weighted by molar-refractivity contribution is -0.0500. The van der Waals surface area contributed by atoms with Crippen LogP contribution in [0.5, 0.6) is 11.5 Å². The molecular weight excluding hydrogens is 483 g/mol. The zero-order valence-electron chi connectivity index (χ0n) is 17.9. The lowest BCUT2D eigenvalue weighted by atomic mass is 9.96. The van der Waals surface area contributed by atoms with Crippen LogP contribution in [0.15, 0.2) is 47.4 Å². The minimum Gasteiger partial charge on any atom is -0.493 e. The van der Waals surface area contributed by atoms with Gasteiger partial charge in [-0.25, -0.2) is 8.42 Å². The molecule has 3 rings (SSSR count). The van der Waals surface area contributed by atoms with Gasteiger partial charge in [0.1, 0.15) is 0 Å². The van der Waals surface area contributed by atoms with Crippen molar-refractivity contribution < 1.29 is 38.9 Å². The van der Waals surface area contributed by atoms with Crippen LogP contribution in [0.25, 0.3) is 0 Å². The summed E-state index contributed by atoms with van der Waals surface area (Å²) < 4.78 is 97.6. The molecule has 0 aliphatic carbocycles. The monoisotopic (exact) mass is 507 g/mol. The molecule has 1 unspecified atom stereocenters. The van der Waals surface area contributed by atoms with Crippen molar-refractivity contribution in [3.63, 3.8) is 0 Å². The van der Waals surface area contributed by atoms with E-state index in [9.17, 15) is 30.0 Å². The molecule has 2 atom stereocenters. The van der Waals surface area contributed by atoms with Crippen LogP contribution in [0, 0.1) is 0 Å². The minimum atomic E-state index is -6.04. The Morgan fingerprint density at radius 3 is 2.36 bits per heavy atom. The van der Waals surface area contributed by atoms with Crippen molar-refractivity contribution in [2.24, 2.45) is 0 Å². The number of unbranched alkanes of at least 4 members (excludes halogenated alkanes) is 1. The Balaban J connectivity index is 2.21. The van der Waals surface area contributed by atoms with Crippen LogP contribution in [0.3, 0.4) is 0 Å². The Kier molecular flexibility index (Phi) is 7.30. The first-order valence-corrected chi connectivity index (χ1v) is 13.2. The van der Waals surface area contributed by atoms with Crippen LogP contribution in [0.2, 0.25) is 0 Å². The van der Waals surface area contributed by atoms with Gasteiger partial charge in [-0.3, -0.25) is 0 Å². The maximum absolute atomic E-state index is 13.2. The first-order chi connectivity index (χ1) is 15.4. The molecule has 0 radical (unpaired) electrons. The average molecular weight is 508 g/mol. The minimum absolute atomic E-state index is 0.230. The third kappa shape index (κ3) is 5.44. The molecule has 0 amide bonds. The van der Waals surface area contributed by atoms with E-state index in [-0.39, 0.29) is 22.0 Å². The zero-order valence-corrected chi connectivity index (χ0v) is 19.6. The highest BCUT2D eigenvalue weighted by Gasteiger charge is 2.49. The summed E-state index contributed by atoms with van der Waals surface area (Å²) in [5.74, 6) is -1.50. The van der Waals surface area contributed by atoms with Gasteiger partial charge in [0.15, 0.2) is 21.3 Å². The molecule has 33 heavy (non-hydrogen) atoms. The summed E-state index contributed by atoms with van der Waals surface area (Å²) in [7, 11) is -8.93. The van der Waals surface area contributed by atoms with E-state index in [1.165, 1.54) is 6.07 Å². The fraction of sp³-hybridized carbons (Fsp3) is 0.429. The second kappa shape index (κ2) is 9.51.